The summed E-state index contributed by atoms with van der Waals surface area (Å²) in [5, 5.41) is 4.75. The zero-order valence-corrected chi connectivity index (χ0v) is 13.2. The van der Waals surface area contributed by atoms with Gasteiger partial charge in [0.15, 0.2) is 0 Å². The number of hydrogen-bond donors (Lipinski definition) is 1. The van der Waals surface area contributed by atoms with Crippen LogP contribution in [0.25, 0.3) is 0 Å². The van der Waals surface area contributed by atoms with Gasteiger partial charge in [-0.15, -0.1) is 11.3 Å². The van der Waals surface area contributed by atoms with Gasteiger partial charge in [0.2, 0.25) is 0 Å². The first kappa shape index (κ1) is 14.9. The molecule has 3 heterocycles. The van der Waals surface area contributed by atoms with Crippen molar-refractivity contribution in [3.05, 3.63) is 40.0 Å². The van der Waals surface area contributed by atoms with Crippen LogP contribution in [0.4, 0.5) is 5.82 Å². The van der Waals surface area contributed by atoms with Gasteiger partial charge in [0.25, 0.3) is 5.91 Å². The Kier molecular flexibility index (Phi) is 4.65. The molecule has 0 spiro atoms. The van der Waals surface area contributed by atoms with E-state index in [1.807, 2.05) is 24.4 Å². The first-order chi connectivity index (χ1) is 10.7. The molecule has 22 heavy (non-hydrogen) atoms. The molecule has 1 aliphatic heterocycles. The van der Waals surface area contributed by atoms with E-state index in [4.69, 9.17) is 4.74 Å². The number of nitrogens with zero attached hydrogens (tertiary/aromatic N) is 3. The van der Waals surface area contributed by atoms with E-state index in [1.54, 1.807) is 6.07 Å². The lowest BCUT2D eigenvalue weighted by Gasteiger charge is -2.28. The third-order valence-corrected chi connectivity index (χ3v) is 4.24. The number of thiophene rings is 1. The maximum Gasteiger partial charge on any atom is 0.261 e. The molecular formula is C15H18N4O2S. The van der Waals surface area contributed by atoms with Crippen LogP contribution in [0.15, 0.2) is 23.6 Å². The Morgan fingerprint density at radius 3 is 2.95 bits per heavy atom. The lowest BCUT2D eigenvalue weighted by Crippen LogP contribution is -2.37. The summed E-state index contributed by atoms with van der Waals surface area (Å²) in [6.45, 7) is 5.36. The highest BCUT2D eigenvalue weighted by Crippen LogP contribution is 2.14. The predicted molar refractivity (Wildman–Crippen MR) is 85.3 cm³/mol. The van der Waals surface area contributed by atoms with Crippen molar-refractivity contribution in [2.75, 3.05) is 31.2 Å². The molecule has 116 valence electrons. The van der Waals surface area contributed by atoms with Gasteiger partial charge in [0.1, 0.15) is 11.6 Å². The van der Waals surface area contributed by atoms with Crippen LogP contribution >= 0.6 is 11.3 Å². The molecule has 2 aromatic heterocycles. The summed E-state index contributed by atoms with van der Waals surface area (Å²) in [6, 6.07) is 5.63. The molecule has 7 heteroatoms. The van der Waals surface area contributed by atoms with Gasteiger partial charge < -0.3 is 15.0 Å². The lowest BCUT2D eigenvalue weighted by molar-refractivity contribution is 0.0954. The molecule has 0 radical (unpaired) electrons. The predicted octanol–water partition coefficient (Wildman–Crippen LogP) is 1.61. The number of carbonyl (C=O) groups is 1. The smallest absolute Gasteiger partial charge is 0.261 e. The third kappa shape index (κ3) is 3.61. The van der Waals surface area contributed by atoms with E-state index in [0.29, 0.717) is 30.5 Å². The quantitative estimate of drug-likeness (QED) is 0.928. The number of ether oxygens (including phenoxy) is 1. The second-order valence-electron chi connectivity index (χ2n) is 5.04. The maximum absolute atomic E-state index is 12.0. The molecule has 1 amide bonds. The fourth-order valence-corrected chi connectivity index (χ4v) is 2.94. The molecule has 1 N–H and O–H groups in total. The first-order valence-corrected chi connectivity index (χ1v) is 8.09. The van der Waals surface area contributed by atoms with Gasteiger partial charge in [0.05, 0.1) is 24.6 Å². The minimum Gasteiger partial charge on any atom is -0.378 e. The molecule has 0 bridgehead atoms. The number of aromatic nitrogens is 2. The normalized spacial score (nSPS) is 14.9. The number of amides is 1. The molecule has 0 unspecified atom stereocenters. The van der Waals surface area contributed by atoms with Gasteiger partial charge in [-0.2, -0.15) is 0 Å². The Hall–Kier alpha value is -1.99. The zero-order valence-electron chi connectivity index (χ0n) is 12.4. The number of carbonyl (C=O) groups excluding carboxylic acids is 1. The SMILES string of the molecule is Cc1cc(N2CCOCC2)nc(CNC(=O)c2cccs2)n1. The van der Waals surface area contributed by atoms with E-state index in [9.17, 15) is 4.79 Å². The average molecular weight is 318 g/mol. The number of hydrogen-bond acceptors (Lipinski definition) is 6. The standard InChI is InChI=1S/C15H18N4O2S/c1-11-9-14(19-4-6-21-7-5-19)18-13(17-11)10-16-15(20)12-3-2-8-22-12/h2-3,8-9H,4-7,10H2,1H3,(H,16,20). The van der Waals surface area contributed by atoms with Crippen molar-refractivity contribution in [3.8, 4) is 0 Å². The monoisotopic (exact) mass is 318 g/mol. The summed E-state index contributed by atoms with van der Waals surface area (Å²) >= 11 is 1.42. The summed E-state index contributed by atoms with van der Waals surface area (Å²) in [6.07, 6.45) is 0. The van der Waals surface area contributed by atoms with Crippen LogP contribution in [0.2, 0.25) is 0 Å². The van der Waals surface area contributed by atoms with Gasteiger partial charge in [-0.05, 0) is 18.4 Å². The van der Waals surface area contributed by atoms with Gasteiger partial charge in [-0.25, -0.2) is 9.97 Å². The highest BCUT2D eigenvalue weighted by atomic mass is 32.1. The van der Waals surface area contributed by atoms with Crippen LogP contribution in [0, 0.1) is 6.92 Å². The maximum atomic E-state index is 12.0. The molecule has 0 aliphatic carbocycles. The second kappa shape index (κ2) is 6.85. The molecule has 1 aliphatic rings. The summed E-state index contributed by atoms with van der Waals surface area (Å²) in [4.78, 5) is 23.8. The van der Waals surface area contributed by atoms with Crippen LogP contribution < -0.4 is 10.2 Å². The van der Waals surface area contributed by atoms with E-state index >= 15 is 0 Å². The minimum atomic E-state index is -0.0898. The first-order valence-electron chi connectivity index (χ1n) is 7.21. The number of nitrogens with one attached hydrogen (secondary N) is 1. The van der Waals surface area contributed by atoms with Crippen molar-refractivity contribution >= 4 is 23.1 Å². The molecule has 0 atom stereocenters. The lowest BCUT2D eigenvalue weighted by atomic mass is 10.3. The third-order valence-electron chi connectivity index (χ3n) is 3.37. The zero-order chi connectivity index (χ0) is 15.4. The second-order valence-corrected chi connectivity index (χ2v) is 5.99. The van der Waals surface area contributed by atoms with E-state index in [1.165, 1.54) is 11.3 Å². The van der Waals surface area contributed by atoms with E-state index in [0.717, 1.165) is 24.6 Å². The molecule has 6 nitrogen and oxygen atoms in total. The number of aryl methyl sites for hydroxylation is 1. The Labute approximate surface area is 133 Å². The van der Waals surface area contributed by atoms with Crippen molar-refractivity contribution in [2.45, 2.75) is 13.5 Å². The van der Waals surface area contributed by atoms with Crippen molar-refractivity contribution < 1.29 is 9.53 Å². The van der Waals surface area contributed by atoms with Gasteiger partial charge in [-0.1, -0.05) is 6.07 Å². The summed E-state index contributed by atoms with van der Waals surface area (Å²) in [7, 11) is 0. The summed E-state index contributed by atoms with van der Waals surface area (Å²) < 4.78 is 5.36. The summed E-state index contributed by atoms with van der Waals surface area (Å²) in [5.41, 5.74) is 0.900. The summed E-state index contributed by atoms with van der Waals surface area (Å²) in [5.74, 6) is 1.44. The van der Waals surface area contributed by atoms with Crippen LogP contribution in [-0.4, -0.2) is 42.2 Å². The fraction of sp³-hybridized carbons (Fsp3) is 0.400. The Morgan fingerprint density at radius 1 is 1.41 bits per heavy atom. The van der Waals surface area contributed by atoms with Gasteiger partial charge in [0, 0.05) is 24.8 Å². The van der Waals surface area contributed by atoms with Gasteiger partial charge >= 0.3 is 0 Å². The largest absolute Gasteiger partial charge is 0.378 e. The number of morpholine rings is 1. The van der Waals surface area contributed by atoms with Gasteiger partial charge in [-0.3, -0.25) is 4.79 Å². The Morgan fingerprint density at radius 2 is 2.23 bits per heavy atom. The molecule has 3 rings (SSSR count). The number of anilines is 1. The molecule has 1 saturated heterocycles. The van der Waals surface area contributed by atoms with Crippen molar-refractivity contribution in [3.63, 3.8) is 0 Å². The molecule has 0 saturated carbocycles. The fourth-order valence-electron chi connectivity index (χ4n) is 2.30. The van der Waals surface area contributed by atoms with Crippen molar-refractivity contribution in [1.82, 2.24) is 15.3 Å². The molecule has 0 aromatic carbocycles. The minimum absolute atomic E-state index is 0.0898. The van der Waals surface area contributed by atoms with Crippen LogP contribution in [0.5, 0.6) is 0 Å². The molecular weight excluding hydrogens is 300 g/mol. The molecule has 2 aromatic rings. The van der Waals surface area contributed by atoms with E-state index < -0.39 is 0 Å². The highest BCUT2D eigenvalue weighted by molar-refractivity contribution is 7.12. The van der Waals surface area contributed by atoms with E-state index in [2.05, 4.69) is 20.2 Å². The van der Waals surface area contributed by atoms with Crippen molar-refractivity contribution in [1.29, 1.82) is 0 Å². The number of rotatable bonds is 4. The Bertz CT molecular complexity index is 639. The molecule has 1 fully saturated rings. The average Bonchev–Trinajstić information content (AvgIpc) is 3.07. The Balaban J connectivity index is 1.68. The van der Waals surface area contributed by atoms with Crippen molar-refractivity contribution in [2.24, 2.45) is 0 Å². The highest BCUT2D eigenvalue weighted by Gasteiger charge is 2.14. The van der Waals surface area contributed by atoms with Crippen LogP contribution in [0.1, 0.15) is 21.2 Å². The van der Waals surface area contributed by atoms with E-state index in [-0.39, 0.29) is 5.91 Å². The topological polar surface area (TPSA) is 67.3 Å². The van der Waals surface area contributed by atoms with Crippen LogP contribution in [0.3, 0.4) is 0 Å². The van der Waals surface area contributed by atoms with Crippen LogP contribution in [-0.2, 0) is 11.3 Å².